The Morgan fingerprint density at radius 2 is 1.80 bits per heavy atom. The number of aromatic nitrogens is 3. The number of hydrogen-bond acceptors (Lipinski definition) is 4. The van der Waals surface area contributed by atoms with Crippen LogP contribution < -0.4 is 5.73 Å². The van der Waals surface area contributed by atoms with Gasteiger partial charge in [0.2, 0.25) is 5.60 Å². The van der Waals surface area contributed by atoms with Gasteiger partial charge >= 0.3 is 6.18 Å². The second kappa shape index (κ2) is 8.73. The molecule has 0 fully saturated rings. The van der Waals surface area contributed by atoms with Crippen LogP contribution in [-0.4, -0.2) is 31.7 Å². The monoisotopic (exact) mass is 490 g/mol. The number of carbonyl (C=O) groups excluding carboxylic acids is 1. The highest BCUT2D eigenvalue weighted by molar-refractivity contribution is 6.01. The predicted molar refractivity (Wildman–Crippen MR) is 117 cm³/mol. The molecule has 1 amide bonds. The van der Waals surface area contributed by atoms with Gasteiger partial charge in [-0.1, -0.05) is 31.2 Å². The minimum absolute atomic E-state index is 0.0488. The zero-order chi connectivity index (χ0) is 25.5. The smallest absolute Gasteiger partial charge is 0.375 e. The Bertz CT molecular complexity index is 1420. The molecule has 4 rings (SSSR count). The third-order valence-corrected chi connectivity index (χ3v) is 5.80. The zero-order valence-electron chi connectivity index (χ0n) is 18.3. The van der Waals surface area contributed by atoms with E-state index in [2.05, 4.69) is 9.97 Å². The third kappa shape index (κ3) is 4.34. The van der Waals surface area contributed by atoms with Crippen molar-refractivity contribution in [2.75, 3.05) is 0 Å². The van der Waals surface area contributed by atoms with Gasteiger partial charge in [0.1, 0.15) is 17.0 Å². The largest absolute Gasteiger partial charge is 0.423 e. The highest BCUT2D eigenvalue weighted by Crippen LogP contribution is 2.40. The van der Waals surface area contributed by atoms with E-state index < -0.39 is 41.4 Å². The number of imidazole rings is 1. The summed E-state index contributed by atoms with van der Waals surface area (Å²) in [5, 5.41) is 10.4. The summed E-state index contributed by atoms with van der Waals surface area (Å²) in [6.07, 6.45) is -3.54. The number of hydrogen-bond donors (Lipinski definition) is 2. The van der Waals surface area contributed by atoms with Crippen molar-refractivity contribution in [3.05, 3.63) is 83.6 Å². The maximum atomic E-state index is 15.5. The molecule has 0 saturated carbocycles. The van der Waals surface area contributed by atoms with Crippen LogP contribution in [0.2, 0.25) is 0 Å². The average Bonchev–Trinajstić information content (AvgIpc) is 3.28. The number of nitrogens with zero attached hydrogens (tertiary/aromatic N) is 3. The lowest BCUT2D eigenvalue weighted by molar-refractivity contribution is -0.269. The van der Waals surface area contributed by atoms with Crippen LogP contribution >= 0.6 is 0 Å². The summed E-state index contributed by atoms with van der Waals surface area (Å²) in [6.45, 7) is 0.955. The Morgan fingerprint density at radius 1 is 1.11 bits per heavy atom. The molecule has 0 saturated heterocycles. The quantitative estimate of drug-likeness (QED) is 0.384. The number of pyridine rings is 1. The third-order valence-electron chi connectivity index (χ3n) is 5.80. The van der Waals surface area contributed by atoms with Crippen LogP contribution in [0.25, 0.3) is 22.0 Å². The van der Waals surface area contributed by atoms with Crippen molar-refractivity contribution < 1.29 is 31.9 Å². The zero-order valence-corrected chi connectivity index (χ0v) is 18.3. The van der Waals surface area contributed by atoms with Crippen molar-refractivity contribution in [3.8, 4) is 11.1 Å². The topological polar surface area (TPSA) is 94.0 Å². The lowest BCUT2D eigenvalue weighted by Crippen LogP contribution is -2.42. The second-order valence-electron chi connectivity index (χ2n) is 8.00. The number of amides is 1. The van der Waals surface area contributed by atoms with Gasteiger partial charge in [-0.3, -0.25) is 4.79 Å². The molecule has 0 aliphatic carbocycles. The van der Waals surface area contributed by atoms with E-state index >= 15 is 4.39 Å². The first-order valence-electron chi connectivity index (χ1n) is 10.4. The van der Waals surface area contributed by atoms with Crippen molar-refractivity contribution in [3.63, 3.8) is 0 Å². The highest BCUT2D eigenvalue weighted by Gasteiger charge is 2.55. The van der Waals surface area contributed by atoms with E-state index in [0.29, 0.717) is 16.5 Å². The molecule has 6 nitrogen and oxygen atoms in total. The van der Waals surface area contributed by atoms with Gasteiger partial charge in [0.05, 0.1) is 18.6 Å². The van der Waals surface area contributed by atoms with Gasteiger partial charge in [-0.25, -0.2) is 18.7 Å². The van der Waals surface area contributed by atoms with E-state index in [9.17, 15) is 27.5 Å². The first-order valence-corrected chi connectivity index (χ1v) is 10.4. The molecule has 0 spiro atoms. The molecular weight excluding hydrogens is 471 g/mol. The van der Waals surface area contributed by atoms with Crippen LogP contribution in [0, 0.1) is 11.6 Å². The summed E-state index contributed by atoms with van der Waals surface area (Å²) in [4.78, 5) is 19.5. The second-order valence-corrected chi connectivity index (χ2v) is 8.00. The molecule has 182 valence electrons. The van der Waals surface area contributed by atoms with Crippen molar-refractivity contribution in [1.29, 1.82) is 0 Å². The molecular formula is C24H19F5N4O2. The fraction of sp³-hybridized carbons (Fsp3) is 0.208. The maximum Gasteiger partial charge on any atom is 0.423 e. The van der Waals surface area contributed by atoms with Crippen LogP contribution in [0.4, 0.5) is 22.0 Å². The summed E-state index contributed by atoms with van der Waals surface area (Å²) in [6, 6.07) is 9.69. The van der Waals surface area contributed by atoms with E-state index in [1.54, 1.807) is 6.07 Å². The molecule has 2 aromatic heterocycles. The minimum atomic E-state index is -4.94. The number of carbonyl (C=O) groups is 1. The Labute approximate surface area is 195 Å². The molecule has 4 aromatic rings. The summed E-state index contributed by atoms with van der Waals surface area (Å²) >= 11 is 0. The summed E-state index contributed by atoms with van der Waals surface area (Å²) in [5.74, 6) is -2.19. The normalized spacial score (nSPS) is 13.7. The molecule has 1 atom stereocenters. The van der Waals surface area contributed by atoms with Gasteiger partial charge in [0, 0.05) is 17.1 Å². The molecule has 3 N–H and O–H groups in total. The number of benzene rings is 2. The van der Waals surface area contributed by atoms with Gasteiger partial charge in [-0.05, 0) is 35.7 Å². The van der Waals surface area contributed by atoms with E-state index in [-0.39, 0.29) is 23.3 Å². The summed E-state index contributed by atoms with van der Waals surface area (Å²) in [5.41, 5.74) is 2.18. The molecule has 35 heavy (non-hydrogen) atoms. The van der Waals surface area contributed by atoms with Crippen LogP contribution in [0.15, 0.2) is 55.0 Å². The van der Waals surface area contributed by atoms with Crippen LogP contribution in [0.1, 0.15) is 35.1 Å². The molecule has 0 aliphatic heterocycles. The van der Waals surface area contributed by atoms with E-state index in [1.807, 2.05) is 0 Å². The molecule has 0 bridgehead atoms. The number of alkyl halides is 3. The first kappa shape index (κ1) is 24.3. The Balaban J connectivity index is 1.79. The number of rotatable bonds is 6. The molecule has 2 heterocycles. The predicted octanol–water partition coefficient (Wildman–Crippen LogP) is 4.68. The van der Waals surface area contributed by atoms with Crippen LogP contribution in [0.3, 0.4) is 0 Å². The van der Waals surface area contributed by atoms with Crippen molar-refractivity contribution in [2.45, 2.75) is 31.7 Å². The summed E-state index contributed by atoms with van der Waals surface area (Å²) < 4.78 is 70.1. The van der Waals surface area contributed by atoms with E-state index in [0.717, 1.165) is 12.5 Å². The SMILES string of the molecule is CCC(O)(c1cn(Cc2ccc3c(-c4ccc(F)cc4)cc(C(N)=O)nc3c2F)cn1)C(F)(F)F. The van der Waals surface area contributed by atoms with Crippen molar-refractivity contribution in [1.82, 2.24) is 14.5 Å². The number of aliphatic hydroxyl groups is 1. The molecule has 0 aliphatic rings. The van der Waals surface area contributed by atoms with E-state index in [4.69, 9.17) is 5.73 Å². The summed E-state index contributed by atoms with van der Waals surface area (Å²) in [7, 11) is 0. The Hall–Kier alpha value is -3.86. The van der Waals surface area contributed by atoms with E-state index in [1.165, 1.54) is 47.9 Å². The lowest BCUT2D eigenvalue weighted by Gasteiger charge is -2.27. The van der Waals surface area contributed by atoms with Crippen LogP contribution in [0.5, 0.6) is 0 Å². The first-order chi connectivity index (χ1) is 16.4. The minimum Gasteiger partial charge on any atom is -0.375 e. The number of fused-ring (bicyclic) bond motifs is 1. The standard InChI is InChI=1S/C24H19F5N4O2/c1-2-23(35,24(27,28)29)19-11-33(12-31-19)10-14-5-8-16-17(13-3-6-15(25)7-4-13)9-18(22(30)34)32-21(16)20(14)26/h3-9,11-12,35H,2,10H2,1H3,(H2,30,34). The van der Waals surface area contributed by atoms with Gasteiger partial charge < -0.3 is 15.4 Å². The molecule has 11 heteroatoms. The molecule has 0 radical (unpaired) electrons. The Morgan fingerprint density at radius 3 is 2.40 bits per heavy atom. The number of nitrogens with two attached hydrogens (primary N) is 1. The fourth-order valence-electron chi connectivity index (χ4n) is 3.80. The molecule has 2 aromatic carbocycles. The number of halogens is 5. The molecule has 1 unspecified atom stereocenters. The van der Waals surface area contributed by atoms with Gasteiger partial charge in [-0.2, -0.15) is 13.2 Å². The number of primary amides is 1. The van der Waals surface area contributed by atoms with Gasteiger partial charge in [-0.15, -0.1) is 0 Å². The lowest BCUT2D eigenvalue weighted by atomic mass is 9.96. The van der Waals surface area contributed by atoms with Crippen molar-refractivity contribution in [2.24, 2.45) is 5.73 Å². The average molecular weight is 490 g/mol. The Kier molecular flexibility index (Phi) is 6.05. The van der Waals surface area contributed by atoms with Gasteiger partial charge in [0.25, 0.3) is 5.91 Å². The van der Waals surface area contributed by atoms with Gasteiger partial charge in [0.15, 0.2) is 5.82 Å². The van der Waals surface area contributed by atoms with Crippen LogP contribution in [-0.2, 0) is 12.1 Å². The maximum absolute atomic E-state index is 15.5. The highest BCUT2D eigenvalue weighted by atomic mass is 19.4. The fourth-order valence-corrected chi connectivity index (χ4v) is 3.80. The van der Waals surface area contributed by atoms with Crippen molar-refractivity contribution >= 4 is 16.8 Å².